The van der Waals surface area contributed by atoms with Gasteiger partial charge in [-0.15, -0.1) is 0 Å². The van der Waals surface area contributed by atoms with E-state index in [1.165, 1.54) is 6.92 Å². The molecule has 1 fully saturated rings. The van der Waals surface area contributed by atoms with Crippen LogP contribution in [0, 0.1) is 10.8 Å². The SMILES string of the molecule is CCCCC(C)(O)C(=O)C1(C(=O)O)CCCCC1(Cc1ccccc1)C(=O)O. The fourth-order valence-corrected chi connectivity index (χ4v) is 4.65. The van der Waals surface area contributed by atoms with Crippen molar-refractivity contribution in [2.75, 3.05) is 0 Å². The zero-order valence-electron chi connectivity index (χ0n) is 16.6. The Morgan fingerprint density at radius 1 is 1.04 bits per heavy atom. The van der Waals surface area contributed by atoms with Gasteiger partial charge in [0.25, 0.3) is 0 Å². The van der Waals surface area contributed by atoms with Crippen molar-refractivity contribution in [2.45, 2.75) is 70.8 Å². The molecule has 2 rings (SSSR count). The van der Waals surface area contributed by atoms with Crippen LogP contribution in [0.2, 0.25) is 0 Å². The molecule has 6 nitrogen and oxygen atoms in total. The van der Waals surface area contributed by atoms with Gasteiger partial charge in [-0.25, -0.2) is 0 Å². The van der Waals surface area contributed by atoms with E-state index < -0.39 is 34.2 Å². The number of rotatable bonds is 9. The van der Waals surface area contributed by atoms with Gasteiger partial charge < -0.3 is 15.3 Å². The molecule has 1 aliphatic rings. The van der Waals surface area contributed by atoms with Gasteiger partial charge in [-0.05, 0) is 38.2 Å². The molecule has 3 atom stereocenters. The van der Waals surface area contributed by atoms with Crippen molar-refractivity contribution >= 4 is 17.7 Å². The molecule has 1 aliphatic carbocycles. The van der Waals surface area contributed by atoms with Gasteiger partial charge in [-0.3, -0.25) is 14.4 Å². The van der Waals surface area contributed by atoms with Crippen LogP contribution in [0.15, 0.2) is 30.3 Å². The van der Waals surface area contributed by atoms with E-state index in [1.807, 2.05) is 6.92 Å². The summed E-state index contributed by atoms with van der Waals surface area (Å²) in [6, 6.07) is 8.80. The standard InChI is InChI=1S/C22H30O6/c1-3-4-12-20(2,28)17(23)22(19(26)27)14-9-8-13-21(22,18(24)25)15-16-10-6-5-7-11-16/h5-7,10-11,28H,3-4,8-9,12-15H2,1-2H3,(H,24,25)(H,26,27). The predicted octanol–water partition coefficient (Wildman–Crippen LogP) is 3.46. The average molecular weight is 390 g/mol. The molecule has 1 aromatic rings. The Kier molecular flexibility index (Phi) is 6.65. The van der Waals surface area contributed by atoms with E-state index in [9.17, 15) is 29.7 Å². The van der Waals surface area contributed by atoms with Crippen LogP contribution in [0.4, 0.5) is 0 Å². The maximum absolute atomic E-state index is 13.5. The summed E-state index contributed by atoms with van der Waals surface area (Å²) in [5.74, 6) is -3.62. The van der Waals surface area contributed by atoms with Gasteiger partial charge in [0.2, 0.25) is 0 Å². The number of carboxylic acid groups (broad SMARTS) is 2. The highest BCUT2D eigenvalue weighted by Crippen LogP contribution is 2.55. The first-order chi connectivity index (χ1) is 13.1. The number of Topliss-reactive ketones (excluding diaryl/α,β-unsaturated/α-hetero) is 1. The van der Waals surface area contributed by atoms with E-state index in [0.29, 0.717) is 24.8 Å². The lowest BCUT2D eigenvalue weighted by atomic mass is 9.50. The van der Waals surface area contributed by atoms with E-state index in [-0.39, 0.29) is 25.7 Å². The number of aliphatic carboxylic acids is 2. The number of hydrogen-bond donors (Lipinski definition) is 3. The van der Waals surface area contributed by atoms with Gasteiger partial charge >= 0.3 is 11.9 Å². The van der Waals surface area contributed by atoms with Crippen LogP contribution in [0.1, 0.15) is 64.4 Å². The van der Waals surface area contributed by atoms with Gasteiger partial charge in [-0.1, -0.05) is 62.9 Å². The molecule has 154 valence electrons. The molecule has 0 heterocycles. The van der Waals surface area contributed by atoms with E-state index in [4.69, 9.17) is 0 Å². The average Bonchev–Trinajstić information content (AvgIpc) is 2.66. The molecule has 28 heavy (non-hydrogen) atoms. The second kappa shape index (κ2) is 8.43. The first-order valence-corrected chi connectivity index (χ1v) is 9.92. The number of benzene rings is 1. The number of carboxylic acids is 2. The van der Waals surface area contributed by atoms with E-state index in [1.54, 1.807) is 30.3 Å². The Balaban J connectivity index is 2.64. The highest BCUT2D eigenvalue weighted by atomic mass is 16.4. The Bertz CT molecular complexity index is 726. The zero-order chi connectivity index (χ0) is 21.0. The molecule has 0 spiro atoms. The topological polar surface area (TPSA) is 112 Å². The molecule has 0 aliphatic heterocycles. The van der Waals surface area contributed by atoms with Crippen LogP contribution in [-0.4, -0.2) is 38.6 Å². The quantitative estimate of drug-likeness (QED) is 0.557. The van der Waals surface area contributed by atoms with Gasteiger partial charge in [-0.2, -0.15) is 0 Å². The molecule has 1 saturated carbocycles. The lowest BCUT2D eigenvalue weighted by Gasteiger charge is -2.49. The minimum atomic E-state index is -2.16. The summed E-state index contributed by atoms with van der Waals surface area (Å²) >= 11 is 0. The van der Waals surface area contributed by atoms with Crippen LogP contribution in [0.3, 0.4) is 0 Å². The highest BCUT2D eigenvalue weighted by Gasteiger charge is 2.68. The molecular weight excluding hydrogens is 360 g/mol. The Hall–Kier alpha value is -2.21. The number of hydrogen-bond acceptors (Lipinski definition) is 4. The summed E-state index contributed by atoms with van der Waals surface area (Å²) in [5.41, 5.74) is -5.18. The molecule has 0 saturated heterocycles. The largest absolute Gasteiger partial charge is 0.481 e. The third kappa shape index (κ3) is 3.70. The second-order valence-corrected chi connectivity index (χ2v) is 8.17. The molecule has 0 radical (unpaired) electrons. The van der Waals surface area contributed by atoms with Gasteiger partial charge in [0, 0.05) is 0 Å². The summed E-state index contributed by atoms with van der Waals surface area (Å²) in [4.78, 5) is 38.6. The van der Waals surface area contributed by atoms with Crippen molar-refractivity contribution in [3.8, 4) is 0 Å². The van der Waals surface area contributed by atoms with Crippen LogP contribution in [0.25, 0.3) is 0 Å². The highest BCUT2D eigenvalue weighted by molar-refractivity contribution is 6.11. The normalized spacial score (nSPS) is 27.0. The predicted molar refractivity (Wildman–Crippen MR) is 104 cm³/mol. The maximum Gasteiger partial charge on any atom is 0.318 e. The van der Waals surface area contributed by atoms with Crippen molar-refractivity contribution in [1.29, 1.82) is 0 Å². The summed E-state index contributed by atoms with van der Waals surface area (Å²) < 4.78 is 0. The first-order valence-electron chi connectivity index (χ1n) is 9.92. The number of aliphatic hydroxyl groups is 1. The fraction of sp³-hybridized carbons (Fsp3) is 0.591. The molecule has 0 amide bonds. The molecule has 6 heteroatoms. The molecule has 0 bridgehead atoms. The third-order valence-corrected chi connectivity index (χ3v) is 6.24. The van der Waals surface area contributed by atoms with Gasteiger partial charge in [0.05, 0.1) is 5.41 Å². The van der Waals surface area contributed by atoms with E-state index in [2.05, 4.69) is 0 Å². The molecule has 0 aromatic heterocycles. The monoisotopic (exact) mass is 390 g/mol. The summed E-state index contributed by atoms with van der Waals surface area (Å²) in [6.07, 6.45) is 2.29. The summed E-state index contributed by atoms with van der Waals surface area (Å²) in [7, 11) is 0. The zero-order valence-corrected chi connectivity index (χ0v) is 16.6. The molecule has 1 aromatic carbocycles. The lowest BCUT2D eigenvalue weighted by Crippen LogP contribution is -2.64. The van der Waals surface area contributed by atoms with Crippen molar-refractivity contribution in [3.05, 3.63) is 35.9 Å². The molecule has 3 unspecified atom stereocenters. The fourth-order valence-electron chi connectivity index (χ4n) is 4.65. The van der Waals surface area contributed by atoms with Gasteiger partial charge in [0.15, 0.2) is 5.78 Å². The van der Waals surface area contributed by atoms with Crippen LogP contribution >= 0.6 is 0 Å². The third-order valence-electron chi connectivity index (χ3n) is 6.24. The van der Waals surface area contributed by atoms with Crippen molar-refractivity contribution in [1.82, 2.24) is 0 Å². The minimum Gasteiger partial charge on any atom is -0.481 e. The second-order valence-electron chi connectivity index (χ2n) is 8.17. The van der Waals surface area contributed by atoms with Crippen LogP contribution < -0.4 is 0 Å². The minimum absolute atomic E-state index is 0.0644. The Labute approximate surface area is 165 Å². The number of ketones is 1. The summed E-state index contributed by atoms with van der Waals surface area (Å²) in [6.45, 7) is 3.23. The number of unbranched alkanes of at least 4 members (excludes halogenated alkanes) is 1. The Morgan fingerprint density at radius 3 is 2.18 bits per heavy atom. The Morgan fingerprint density at radius 2 is 1.64 bits per heavy atom. The number of carbonyl (C=O) groups is 3. The number of carbonyl (C=O) groups excluding carboxylic acids is 1. The summed E-state index contributed by atoms with van der Waals surface area (Å²) in [5, 5.41) is 31.3. The van der Waals surface area contributed by atoms with Crippen molar-refractivity contribution in [3.63, 3.8) is 0 Å². The maximum atomic E-state index is 13.5. The first kappa shape index (κ1) is 22.1. The van der Waals surface area contributed by atoms with Crippen LogP contribution in [-0.2, 0) is 20.8 Å². The van der Waals surface area contributed by atoms with E-state index in [0.717, 1.165) is 6.42 Å². The van der Waals surface area contributed by atoms with E-state index >= 15 is 0 Å². The molecular formula is C22H30O6. The van der Waals surface area contributed by atoms with Crippen LogP contribution in [0.5, 0.6) is 0 Å². The molecule has 3 N–H and O–H groups in total. The lowest BCUT2D eigenvalue weighted by molar-refractivity contribution is -0.190. The smallest absolute Gasteiger partial charge is 0.318 e. The van der Waals surface area contributed by atoms with Crippen molar-refractivity contribution in [2.24, 2.45) is 10.8 Å². The van der Waals surface area contributed by atoms with Gasteiger partial charge in [0.1, 0.15) is 11.0 Å². The van der Waals surface area contributed by atoms with Crippen molar-refractivity contribution < 1.29 is 29.7 Å².